The standard InChI is InChI=1S/C51H40N3O11P.C2HF3O2/c55-32-17-20-38-42(27-32)64-43-28-33(56)18-21-39(43)48(38)37-19-16-31(26-40(37)50(60)61)49(59)52-45-22-24-54(51(62)53-45)46-29-41(57)44(65-46)30-63-47(58)23-25-66(34-10-4-1-5-11-34,35-12-6-2-7-13-35)36-14-8-3-9-15-36;3-2(4,5)1(6)7/h1-22,24,26-28,41,44,46,57H,23,25,29-30H2,(H2-,52,53,55,56,59,60,61,62);(H,6,7)/t41-,44+,46+;/m0./s1. The fraction of sp³-hybridized carbons (Fsp3) is 0.151. The number of fused-ring (bicyclic) bond motifs is 2. The third-order valence-electron chi connectivity index (χ3n) is 11.9. The van der Waals surface area contributed by atoms with Crippen LogP contribution in [0.1, 0.15) is 39.8 Å². The van der Waals surface area contributed by atoms with Gasteiger partial charge in [0.05, 0.1) is 24.3 Å². The number of alkyl halides is 3. The Labute approximate surface area is 412 Å². The van der Waals surface area contributed by atoms with Crippen LogP contribution in [0.3, 0.4) is 0 Å². The minimum atomic E-state index is -5.19. The number of hydrogen-bond acceptors (Lipinski definition) is 13. The van der Waals surface area contributed by atoms with Crippen LogP contribution in [0.2, 0.25) is 0 Å². The average molecular weight is 1020 g/mol. The van der Waals surface area contributed by atoms with Crippen molar-refractivity contribution in [3.8, 4) is 28.2 Å². The van der Waals surface area contributed by atoms with Crippen LogP contribution in [-0.4, -0.2) is 79.8 Å². The van der Waals surface area contributed by atoms with Gasteiger partial charge in [0.15, 0.2) is 5.43 Å². The summed E-state index contributed by atoms with van der Waals surface area (Å²) in [5, 5.41) is 46.6. The molecule has 0 spiro atoms. The smallest absolute Gasteiger partial charge is 0.430 e. The van der Waals surface area contributed by atoms with Gasteiger partial charge >= 0.3 is 23.8 Å². The van der Waals surface area contributed by atoms with Crippen molar-refractivity contribution in [3.63, 3.8) is 0 Å². The Balaban J connectivity index is 0.000000948. The van der Waals surface area contributed by atoms with Crippen molar-refractivity contribution < 1.29 is 66.7 Å². The van der Waals surface area contributed by atoms with Crippen LogP contribution < -0.4 is 37.5 Å². The predicted molar refractivity (Wildman–Crippen MR) is 261 cm³/mol. The number of aromatic carboxylic acids is 1. The molecule has 6 aromatic rings. The summed E-state index contributed by atoms with van der Waals surface area (Å²) in [5.74, 6) is -5.60. The molecule has 1 fully saturated rings. The predicted octanol–water partition coefficient (Wildman–Crippen LogP) is 5.65. The summed E-state index contributed by atoms with van der Waals surface area (Å²) >= 11 is 0. The number of aliphatic carboxylic acids is 1. The minimum Gasteiger partial charge on any atom is -0.542 e. The lowest BCUT2D eigenvalue weighted by molar-refractivity contribution is -0.344. The van der Waals surface area contributed by atoms with Crippen molar-refractivity contribution in [2.45, 2.75) is 37.5 Å². The van der Waals surface area contributed by atoms with E-state index in [2.05, 4.69) is 46.7 Å². The Hall–Kier alpha value is -8.51. The molecule has 4 N–H and O–H groups in total. The first kappa shape index (κ1) is 50.9. The Morgan fingerprint density at radius 1 is 0.808 bits per heavy atom. The van der Waals surface area contributed by atoms with E-state index in [1.54, 1.807) is 6.07 Å². The molecule has 0 unspecified atom stereocenters. The molecule has 3 atom stereocenters. The average Bonchev–Trinajstić information content (AvgIpc) is 3.75. The number of amides is 1. The van der Waals surface area contributed by atoms with Crippen molar-refractivity contribution in [1.82, 2.24) is 9.55 Å². The van der Waals surface area contributed by atoms with Gasteiger partial charge in [0.1, 0.15) is 71.0 Å². The molecule has 1 aromatic heterocycles. The van der Waals surface area contributed by atoms with E-state index in [0.29, 0.717) is 22.7 Å². The first-order valence-corrected chi connectivity index (χ1v) is 24.2. The lowest BCUT2D eigenvalue weighted by atomic mass is 9.90. The van der Waals surface area contributed by atoms with Gasteiger partial charge in [-0.2, -0.15) is 18.2 Å². The summed E-state index contributed by atoms with van der Waals surface area (Å²) in [6.45, 7) is -0.242. The van der Waals surface area contributed by atoms with Gasteiger partial charge in [0.2, 0.25) is 0 Å². The maximum Gasteiger partial charge on any atom is 0.430 e. The number of aliphatic hydroxyl groups excluding tert-OH is 1. The maximum absolute atomic E-state index is 13.5. The number of nitrogens with zero attached hydrogens (tertiary/aromatic N) is 2. The molecule has 20 heteroatoms. The number of benzene rings is 6. The molecule has 1 aliphatic carbocycles. The fourth-order valence-electron chi connectivity index (χ4n) is 8.54. The summed E-state index contributed by atoms with van der Waals surface area (Å²) in [6, 6.07) is 44.4. The molecule has 16 nitrogen and oxygen atoms in total. The number of aromatic nitrogens is 2. The van der Waals surface area contributed by atoms with Crippen molar-refractivity contribution in [2.75, 3.05) is 18.1 Å². The third kappa shape index (κ3) is 11.2. The molecule has 73 heavy (non-hydrogen) atoms. The number of phenolic OH excluding ortho intramolecular Hbond substituents is 1. The normalized spacial score (nSPS) is 15.5. The first-order chi connectivity index (χ1) is 34.9. The second-order valence-corrected chi connectivity index (χ2v) is 20.1. The molecule has 0 radical (unpaired) electrons. The number of carbonyl (C=O) groups is 4. The molecule has 372 valence electrons. The van der Waals surface area contributed by atoms with E-state index in [-0.39, 0.29) is 64.5 Å². The number of esters is 1. The number of nitrogens with one attached hydrogen (secondary N) is 1. The van der Waals surface area contributed by atoms with E-state index in [1.807, 2.05) is 54.6 Å². The SMILES string of the molecule is O=C(CC[P+](c1ccccc1)(c1ccccc1)c1ccccc1)OC[C@H]1O[C@@H](n2ccc(NC(=O)c3ccc(-c4c5ccc(=O)cc-5oc5cc(O)ccc45)c(C(=O)O)c3)nc2=O)C[C@@H]1O.O=C([O-])C(F)(F)F. The van der Waals surface area contributed by atoms with Gasteiger partial charge in [-0.15, -0.1) is 0 Å². The van der Waals surface area contributed by atoms with Gasteiger partial charge in [-0.1, -0.05) is 60.7 Å². The minimum absolute atomic E-state index is 0.00375. The van der Waals surface area contributed by atoms with Gasteiger partial charge in [0.25, 0.3) is 5.91 Å². The van der Waals surface area contributed by atoms with Crippen LogP contribution in [0.15, 0.2) is 172 Å². The van der Waals surface area contributed by atoms with Crippen LogP contribution in [0.25, 0.3) is 33.4 Å². The molecule has 1 saturated heterocycles. The summed E-state index contributed by atoms with van der Waals surface area (Å²) < 4.78 is 50.3. The molecular formula is C53H41F3N3O13P. The number of phenols is 1. The molecule has 2 aliphatic heterocycles. The zero-order chi connectivity index (χ0) is 52.0. The number of rotatable bonds is 13. The molecule has 3 aliphatic rings. The summed E-state index contributed by atoms with van der Waals surface area (Å²) in [7, 11) is -2.29. The number of aliphatic hydroxyl groups is 1. The fourth-order valence-corrected chi connectivity index (χ4v) is 12.8. The van der Waals surface area contributed by atoms with E-state index >= 15 is 0 Å². The van der Waals surface area contributed by atoms with E-state index in [1.165, 1.54) is 60.8 Å². The lowest BCUT2D eigenvalue weighted by Crippen LogP contribution is -2.37. The second kappa shape index (κ2) is 21.5. The molecule has 3 heterocycles. The highest BCUT2D eigenvalue weighted by molar-refractivity contribution is 7.95. The van der Waals surface area contributed by atoms with Crippen LogP contribution in [-0.2, 0) is 19.1 Å². The Bertz CT molecular complexity index is 3330. The summed E-state index contributed by atoms with van der Waals surface area (Å²) in [4.78, 5) is 77.9. The molecule has 5 aromatic carbocycles. The summed E-state index contributed by atoms with van der Waals surface area (Å²) in [5.41, 5.74) is -0.143. The van der Waals surface area contributed by atoms with Crippen molar-refractivity contribution in [2.24, 2.45) is 0 Å². The largest absolute Gasteiger partial charge is 0.542 e. The van der Waals surface area contributed by atoms with E-state index in [4.69, 9.17) is 23.8 Å². The molecule has 9 rings (SSSR count). The van der Waals surface area contributed by atoms with Gasteiger partial charge in [-0.3, -0.25) is 19.0 Å². The maximum atomic E-state index is 13.5. The highest BCUT2D eigenvalue weighted by atomic mass is 31.2. The van der Waals surface area contributed by atoms with E-state index < -0.39 is 61.4 Å². The van der Waals surface area contributed by atoms with Crippen molar-refractivity contribution in [1.29, 1.82) is 0 Å². The second-order valence-electron chi connectivity index (χ2n) is 16.5. The van der Waals surface area contributed by atoms with Gasteiger partial charge in [0, 0.05) is 46.8 Å². The van der Waals surface area contributed by atoms with Crippen LogP contribution in [0, 0.1) is 0 Å². The van der Waals surface area contributed by atoms with Crippen LogP contribution >= 0.6 is 7.26 Å². The number of carboxylic acids is 2. The lowest BCUT2D eigenvalue weighted by Gasteiger charge is -2.27. The molecule has 1 amide bonds. The van der Waals surface area contributed by atoms with Crippen molar-refractivity contribution >= 4 is 63.8 Å². The zero-order valence-corrected chi connectivity index (χ0v) is 38.9. The Kier molecular flexibility index (Phi) is 15.0. The number of anilines is 1. The molecular weight excluding hydrogens is 975 g/mol. The topological polar surface area (TPSA) is 248 Å². The molecule has 0 bridgehead atoms. The van der Waals surface area contributed by atoms with E-state index in [9.17, 15) is 52.5 Å². The monoisotopic (exact) mass is 1020 g/mol. The Morgan fingerprint density at radius 2 is 1.41 bits per heavy atom. The quantitative estimate of drug-likeness (QED) is 0.0619. The van der Waals surface area contributed by atoms with Crippen LogP contribution in [0.5, 0.6) is 5.75 Å². The van der Waals surface area contributed by atoms with Gasteiger partial charge in [-0.25, -0.2) is 9.59 Å². The molecule has 0 saturated carbocycles. The number of carbonyl (C=O) groups excluding carboxylic acids is 3. The zero-order valence-electron chi connectivity index (χ0n) is 38.0. The highest BCUT2D eigenvalue weighted by Gasteiger charge is 2.46. The Morgan fingerprint density at radius 3 is 1.99 bits per heavy atom. The van der Waals surface area contributed by atoms with Gasteiger partial charge < -0.3 is 44.4 Å². The van der Waals surface area contributed by atoms with Crippen molar-refractivity contribution in [3.05, 3.63) is 190 Å². The number of hydrogen-bond donors (Lipinski definition) is 4. The van der Waals surface area contributed by atoms with Gasteiger partial charge in [-0.05, 0) is 84.4 Å². The number of aromatic hydroxyl groups is 1. The number of carboxylic acid groups (broad SMARTS) is 2. The number of halogens is 3. The highest BCUT2D eigenvalue weighted by Crippen LogP contribution is 2.56. The summed E-state index contributed by atoms with van der Waals surface area (Å²) in [6.07, 6.45) is -6.17. The van der Waals surface area contributed by atoms with E-state index in [0.717, 1.165) is 20.5 Å². The van der Waals surface area contributed by atoms with Crippen LogP contribution in [0.4, 0.5) is 19.0 Å². The number of ether oxygens (including phenoxy) is 2. The first-order valence-electron chi connectivity index (χ1n) is 22.2. The third-order valence-corrected chi connectivity index (χ3v) is 16.4.